The predicted octanol–water partition coefficient (Wildman–Crippen LogP) is 3.14. The number of benzene rings is 1. The maximum atomic E-state index is 13.7. The van der Waals surface area contributed by atoms with E-state index in [2.05, 4.69) is 10.4 Å². The Morgan fingerprint density at radius 3 is 2.47 bits per heavy atom. The van der Waals surface area contributed by atoms with Gasteiger partial charge in [0.15, 0.2) is 11.6 Å². The molecule has 102 valence electrons. The lowest BCUT2D eigenvalue weighted by atomic mass is 10.0. The number of pyridine rings is 1. The van der Waals surface area contributed by atoms with Crippen molar-refractivity contribution < 1.29 is 13.2 Å². The van der Waals surface area contributed by atoms with Gasteiger partial charge < -0.3 is 5.43 Å². The van der Waals surface area contributed by atoms with Crippen LogP contribution in [0.25, 0.3) is 10.9 Å². The number of anilines is 1. The summed E-state index contributed by atoms with van der Waals surface area (Å²) in [4.78, 5) is 3.99. The minimum atomic E-state index is -1.26. The molecule has 0 spiro atoms. The Bertz CT molecular complexity index is 626. The molecule has 0 fully saturated rings. The number of hydrogen-bond donors (Lipinski definition) is 2. The lowest BCUT2D eigenvalue weighted by Gasteiger charge is -2.12. The van der Waals surface area contributed by atoms with E-state index in [-0.39, 0.29) is 22.5 Å². The van der Waals surface area contributed by atoms with Crippen molar-refractivity contribution in [2.24, 2.45) is 11.8 Å². The Morgan fingerprint density at radius 2 is 1.89 bits per heavy atom. The van der Waals surface area contributed by atoms with E-state index in [0.29, 0.717) is 18.2 Å². The zero-order valence-corrected chi connectivity index (χ0v) is 10.6. The van der Waals surface area contributed by atoms with Gasteiger partial charge in [0.2, 0.25) is 0 Å². The normalized spacial score (nSPS) is 11.3. The smallest absolute Gasteiger partial charge is 0.185 e. The molecule has 0 aliphatic rings. The van der Waals surface area contributed by atoms with E-state index in [9.17, 15) is 13.2 Å². The second-order valence-electron chi connectivity index (χ2n) is 4.78. The summed E-state index contributed by atoms with van der Waals surface area (Å²) in [6, 6.07) is 2.03. The van der Waals surface area contributed by atoms with Crippen molar-refractivity contribution in [2.75, 3.05) is 5.43 Å². The van der Waals surface area contributed by atoms with Gasteiger partial charge in [-0.3, -0.25) is 5.84 Å². The second kappa shape index (κ2) is 5.05. The summed E-state index contributed by atoms with van der Waals surface area (Å²) < 4.78 is 40.7. The highest BCUT2D eigenvalue weighted by Gasteiger charge is 2.18. The van der Waals surface area contributed by atoms with Crippen molar-refractivity contribution in [3.8, 4) is 0 Å². The standard InChI is InChI=1S/C13H14F3N3/c1-6(2)3-7-4-10(19-17)11-8(14)5-9(15)12(16)13(11)18-7/h4-6H,3,17H2,1-2H3,(H,18,19). The summed E-state index contributed by atoms with van der Waals surface area (Å²) in [5, 5.41) is -0.145. The zero-order chi connectivity index (χ0) is 14.2. The van der Waals surface area contributed by atoms with Gasteiger partial charge in [-0.15, -0.1) is 0 Å². The molecule has 0 aliphatic carbocycles. The maximum Gasteiger partial charge on any atom is 0.185 e. The maximum absolute atomic E-state index is 13.7. The van der Waals surface area contributed by atoms with E-state index in [1.807, 2.05) is 13.8 Å². The van der Waals surface area contributed by atoms with E-state index < -0.39 is 17.5 Å². The molecule has 0 amide bonds. The van der Waals surface area contributed by atoms with Crippen LogP contribution in [-0.4, -0.2) is 4.98 Å². The number of hydrazine groups is 1. The SMILES string of the molecule is CC(C)Cc1cc(NN)c2c(F)cc(F)c(F)c2n1. The first-order valence-electron chi connectivity index (χ1n) is 5.87. The molecule has 0 aliphatic heterocycles. The minimum Gasteiger partial charge on any atom is -0.323 e. The lowest BCUT2D eigenvalue weighted by molar-refractivity contribution is 0.503. The average Bonchev–Trinajstić information content (AvgIpc) is 2.34. The van der Waals surface area contributed by atoms with Crippen LogP contribution in [0.4, 0.5) is 18.9 Å². The molecule has 3 nitrogen and oxygen atoms in total. The molecule has 0 atom stereocenters. The molecule has 0 bridgehead atoms. The average molecular weight is 269 g/mol. The number of halogens is 3. The van der Waals surface area contributed by atoms with Gasteiger partial charge in [-0.1, -0.05) is 13.8 Å². The van der Waals surface area contributed by atoms with Crippen molar-refractivity contribution in [2.45, 2.75) is 20.3 Å². The fraction of sp³-hybridized carbons (Fsp3) is 0.308. The van der Waals surface area contributed by atoms with Gasteiger partial charge in [0.05, 0.1) is 11.1 Å². The van der Waals surface area contributed by atoms with Crippen LogP contribution < -0.4 is 11.3 Å². The van der Waals surface area contributed by atoms with Gasteiger partial charge in [0.1, 0.15) is 11.3 Å². The third-order valence-corrected chi connectivity index (χ3v) is 2.76. The summed E-state index contributed by atoms with van der Waals surface area (Å²) >= 11 is 0. The summed E-state index contributed by atoms with van der Waals surface area (Å²) in [5.41, 5.74) is 2.68. The van der Waals surface area contributed by atoms with E-state index in [1.165, 1.54) is 0 Å². The highest BCUT2D eigenvalue weighted by Crippen LogP contribution is 2.29. The summed E-state index contributed by atoms with van der Waals surface area (Å²) in [6.07, 6.45) is 0.558. The number of aromatic nitrogens is 1. The Morgan fingerprint density at radius 1 is 1.21 bits per heavy atom. The Labute approximate surface area is 108 Å². The quantitative estimate of drug-likeness (QED) is 0.511. The molecule has 0 saturated carbocycles. The Balaban J connectivity index is 2.77. The van der Waals surface area contributed by atoms with Crippen molar-refractivity contribution >= 4 is 16.6 Å². The van der Waals surface area contributed by atoms with E-state index >= 15 is 0 Å². The second-order valence-corrected chi connectivity index (χ2v) is 4.78. The number of nitrogens with one attached hydrogen (secondary N) is 1. The highest BCUT2D eigenvalue weighted by molar-refractivity contribution is 5.92. The molecule has 0 unspecified atom stereocenters. The fourth-order valence-corrected chi connectivity index (χ4v) is 2.00. The number of fused-ring (bicyclic) bond motifs is 1. The summed E-state index contributed by atoms with van der Waals surface area (Å²) in [6.45, 7) is 3.92. The first-order chi connectivity index (χ1) is 8.93. The molecule has 1 heterocycles. The van der Waals surface area contributed by atoms with Crippen LogP contribution in [0.1, 0.15) is 19.5 Å². The summed E-state index contributed by atoms with van der Waals surface area (Å²) in [7, 11) is 0. The number of nitrogens with two attached hydrogens (primary N) is 1. The number of nitrogen functional groups attached to an aromatic ring is 1. The zero-order valence-electron chi connectivity index (χ0n) is 10.6. The molecular formula is C13H14F3N3. The molecule has 6 heteroatoms. The largest absolute Gasteiger partial charge is 0.323 e. The van der Waals surface area contributed by atoms with Crippen LogP contribution in [0.15, 0.2) is 12.1 Å². The first-order valence-corrected chi connectivity index (χ1v) is 5.87. The molecule has 1 aromatic heterocycles. The monoisotopic (exact) mass is 269 g/mol. The molecule has 2 rings (SSSR count). The molecule has 1 aromatic carbocycles. The van der Waals surface area contributed by atoms with Gasteiger partial charge in [-0.2, -0.15) is 0 Å². The van der Waals surface area contributed by atoms with E-state index in [4.69, 9.17) is 5.84 Å². The third kappa shape index (κ3) is 2.49. The minimum absolute atomic E-state index is 0.145. The van der Waals surface area contributed by atoms with Gasteiger partial charge in [0.25, 0.3) is 0 Å². The van der Waals surface area contributed by atoms with Crippen molar-refractivity contribution in [1.29, 1.82) is 0 Å². The van der Waals surface area contributed by atoms with Crippen LogP contribution in [0, 0.1) is 23.4 Å². The predicted molar refractivity (Wildman–Crippen MR) is 68.0 cm³/mol. The topological polar surface area (TPSA) is 50.9 Å². The van der Waals surface area contributed by atoms with Gasteiger partial charge in [0, 0.05) is 11.8 Å². The third-order valence-electron chi connectivity index (χ3n) is 2.76. The summed E-state index contributed by atoms with van der Waals surface area (Å²) in [5.74, 6) is 2.26. The molecular weight excluding hydrogens is 255 g/mol. The molecule has 0 saturated heterocycles. The van der Waals surface area contributed by atoms with Crippen LogP contribution in [0.5, 0.6) is 0 Å². The first kappa shape index (κ1) is 13.6. The van der Waals surface area contributed by atoms with Crippen molar-refractivity contribution in [1.82, 2.24) is 4.98 Å². The van der Waals surface area contributed by atoms with Gasteiger partial charge >= 0.3 is 0 Å². The Hall–Kier alpha value is -1.82. The van der Waals surface area contributed by atoms with Gasteiger partial charge in [-0.05, 0) is 18.4 Å². The Kier molecular flexibility index (Phi) is 3.61. The van der Waals surface area contributed by atoms with E-state index in [1.54, 1.807) is 6.07 Å². The lowest BCUT2D eigenvalue weighted by Crippen LogP contribution is -2.11. The van der Waals surface area contributed by atoms with Crippen LogP contribution in [0.3, 0.4) is 0 Å². The molecule has 3 N–H and O–H groups in total. The van der Waals surface area contributed by atoms with Gasteiger partial charge in [-0.25, -0.2) is 18.2 Å². The van der Waals surface area contributed by atoms with Crippen LogP contribution in [0.2, 0.25) is 0 Å². The highest BCUT2D eigenvalue weighted by atomic mass is 19.2. The molecule has 19 heavy (non-hydrogen) atoms. The number of hydrogen-bond acceptors (Lipinski definition) is 3. The number of nitrogens with zero attached hydrogens (tertiary/aromatic N) is 1. The van der Waals surface area contributed by atoms with Crippen molar-refractivity contribution in [3.63, 3.8) is 0 Å². The molecule has 0 radical (unpaired) electrons. The molecule has 2 aromatic rings. The fourth-order valence-electron chi connectivity index (χ4n) is 2.00. The van der Waals surface area contributed by atoms with Crippen molar-refractivity contribution in [3.05, 3.63) is 35.3 Å². The number of rotatable bonds is 3. The van der Waals surface area contributed by atoms with Crippen LogP contribution in [-0.2, 0) is 6.42 Å². The van der Waals surface area contributed by atoms with E-state index in [0.717, 1.165) is 0 Å². The van der Waals surface area contributed by atoms with Crippen LogP contribution >= 0.6 is 0 Å².